The van der Waals surface area contributed by atoms with Gasteiger partial charge in [0.25, 0.3) is 11.5 Å². The maximum absolute atomic E-state index is 13.8. The Kier molecular flexibility index (Phi) is 4.06. The number of fused-ring (bicyclic) bond motifs is 2. The molecule has 1 spiro atoms. The highest BCUT2D eigenvalue weighted by molar-refractivity contribution is 5.99. The summed E-state index contributed by atoms with van der Waals surface area (Å²) >= 11 is 0. The summed E-state index contributed by atoms with van der Waals surface area (Å²) in [6.07, 6.45) is 3.94. The van der Waals surface area contributed by atoms with Gasteiger partial charge in [-0.2, -0.15) is 5.10 Å². The van der Waals surface area contributed by atoms with E-state index < -0.39 is 0 Å². The largest absolute Gasteiger partial charge is 0.350 e. The average Bonchev–Trinajstić information content (AvgIpc) is 3.18. The SMILES string of the molecule is Cc1c(F)ccc2cc(C(=O)N[C@H]3CC4(C3)C[C@H](c3n[nH]c(=O)c5ccccc53)C4)[nH]c12. The van der Waals surface area contributed by atoms with Crippen molar-refractivity contribution >= 4 is 27.6 Å². The summed E-state index contributed by atoms with van der Waals surface area (Å²) in [4.78, 5) is 27.8. The van der Waals surface area contributed by atoms with Crippen molar-refractivity contribution < 1.29 is 9.18 Å². The van der Waals surface area contributed by atoms with Crippen LogP contribution in [0.25, 0.3) is 21.7 Å². The van der Waals surface area contributed by atoms with E-state index in [1.807, 2.05) is 24.3 Å². The predicted molar refractivity (Wildman–Crippen MR) is 120 cm³/mol. The number of hydrogen-bond donors (Lipinski definition) is 3. The fourth-order valence-electron chi connectivity index (χ4n) is 5.75. The molecule has 0 atom stereocenters. The zero-order valence-electron chi connectivity index (χ0n) is 17.7. The molecule has 3 N–H and O–H groups in total. The molecule has 2 aliphatic carbocycles. The summed E-state index contributed by atoms with van der Waals surface area (Å²) in [5, 5.41) is 12.6. The summed E-state index contributed by atoms with van der Waals surface area (Å²) in [5.74, 6) is -0.0958. The van der Waals surface area contributed by atoms with Gasteiger partial charge in [0.2, 0.25) is 0 Å². The van der Waals surface area contributed by atoms with Crippen LogP contribution in [0.4, 0.5) is 4.39 Å². The second kappa shape index (κ2) is 6.76. The zero-order valence-corrected chi connectivity index (χ0v) is 17.7. The van der Waals surface area contributed by atoms with Gasteiger partial charge in [0.05, 0.1) is 16.6 Å². The third kappa shape index (κ3) is 2.87. The molecular formula is C25H23FN4O2. The number of benzene rings is 2. The Morgan fingerprint density at radius 3 is 2.66 bits per heavy atom. The van der Waals surface area contributed by atoms with Gasteiger partial charge in [0.15, 0.2) is 0 Å². The maximum Gasteiger partial charge on any atom is 0.272 e. The second-order valence-corrected chi connectivity index (χ2v) is 9.49. The summed E-state index contributed by atoms with van der Waals surface area (Å²) in [6.45, 7) is 1.71. The monoisotopic (exact) mass is 430 g/mol. The van der Waals surface area contributed by atoms with Crippen molar-refractivity contribution in [2.45, 2.75) is 44.6 Å². The van der Waals surface area contributed by atoms with Crippen LogP contribution in [-0.4, -0.2) is 27.1 Å². The molecule has 6 nitrogen and oxygen atoms in total. The van der Waals surface area contributed by atoms with Crippen molar-refractivity contribution in [2.75, 3.05) is 0 Å². The summed E-state index contributed by atoms with van der Waals surface area (Å²) in [6, 6.07) is 12.6. The second-order valence-electron chi connectivity index (χ2n) is 9.49. The molecule has 0 bridgehead atoms. The van der Waals surface area contributed by atoms with Crippen LogP contribution in [-0.2, 0) is 0 Å². The molecule has 2 saturated carbocycles. The van der Waals surface area contributed by atoms with Crippen LogP contribution in [0.2, 0.25) is 0 Å². The van der Waals surface area contributed by atoms with E-state index in [2.05, 4.69) is 20.5 Å². The molecule has 2 fully saturated rings. The lowest BCUT2D eigenvalue weighted by Gasteiger charge is -2.57. The van der Waals surface area contributed by atoms with Gasteiger partial charge in [0, 0.05) is 28.3 Å². The van der Waals surface area contributed by atoms with Gasteiger partial charge in [-0.25, -0.2) is 9.49 Å². The Morgan fingerprint density at radius 1 is 1.12 bits per heavy atom. The minimum absolute atomic E-state index is 0.146. The number of aromatic amines is 2. The molecule has 7 heteroatoms. The Balaban J connectivity index is 1.11. The Labute approximate surface area is 183 Å². The number of rotatable bonds is 3. The van der Waals surface area contributed by atoms with Crippen LogP contribution in [0.15, 0.2) is 47.3 Å². The van der Waals surface area contributed by atoms with Crippen LogP contribution < -0.4 is 10.9 Å². The van der Waals surface area contributed by atoms with Crippen LogP contribution >= 0.6 is 0 Å². The van der Waals surface area contributed by atoms with Gasteiger partial charge in [-0.05, 0) is 62.3 Å². The van der Waals surface area contributed by atoms with E-state index in [1.54, 1.807) is 19.1 Å². The van der Waals surface area contributed by atoms with Gasteiger partial charge in [-0.15, -0.1) is 0 Å². The van der Waals surface area contributed by atoms with Crippen molar-refractivity contribution in [1.29, 1.82) is 0 Å². The highest BCUT2D eigenvalue weighted by atomic mass is 19.1. The first kappa shape index (κ1) is 19.2. The van der Waals surface area contributed by atoms with Gasteiger partial charge in [-0.1, -0.05) is 18.2 Å². The highest BCUT2D eigenvalue weighted by Gasteiger charge is 2.54. The molecule has 6 rings (SSSR count). The molecule has 2 aliphatic rings. The van der Waals surface area contributed by atoms with Crippen molar-refractivity contribution in [3.05, 3.63) is 75.6 Å². The maximum atomic E-state index is 13.8. The number of amides is 1. The Hall–Kier alpha value is -3.48. The molecule has 1 amide bonds. The first-order chi connectivity index (χ1) is 15.4. The molecule has 2 aromatic heterocycles. The topological polar surface area (TPSA) is 90.6 Å². The van der Waals surface area contributed by atoms with Gasteiger partial charge >= 0.3 is 0 Å². The molecule has 0 radical (unpaired) electrons. The Morgan fingerprint density at radius 2 is 1.88 bits per heavy atom. The van der Waals surface area contributed by atoms with Crippen molar-refractivity contribution in [2.24, 2.45) is 5.41 Å². The fraction of sp³-hybridized carbons (Fsp3) is 0.320. The third-order valence-electron chi connectivity index (χ3n) is 7.40. The lowest BCUT2D eigenvalue weighted by Crippen LogP contribution is -2.55. The number of aryl methyl sites for hydroxylation is 1. The minimum atomic E-state index is -0.281. The number of nitrogens with one attached hydrogen (secondary N) is 3. The molecule has 2 aromatic carbocycles. The molecule has 0 unspecified atom stereocenters. The first-order valence-corrected chi connectivity index (χ1v) is 11.0. The van der Waals surface area contributed by atoms with Crippen LogP contribution in [0.5, 0.6) is 0 Å². The van der Waals surface area contributed by atoms with Crippen molar-refractivity contribution in [3.8, 4) is 0 Å². The first-order valence-electron chi connectivity index (χ1n) is 11.0. The van der Waals surface area contributed by atoms with Crippen LogP contribution in [0.1, 0.15) is 53.3 Å². The quantitative estimate of drug-likeness (QED) is 0.452. The van der Waals surface area contributed by atoms with Gasteiger partial charge < -0.3 is 10.3 Å². The third-order valence-corrected chi connectivity index (χ3v) is 7.40. The number of nitrogens with zero attached hydrogens (tertiary/aromatic N) is 1. The predicted octanol–water partition coefficient (Wildman–Crippen LogP) is 4.31. The molecular weight excluding hydrogens is 407 g/mol. The summed E-state index contributed by atoms with van der Waals surface area (Å²) in [5.41, 5.74) is 2.72. The molecule has 4 aromatic rings. The smallest absolute Gasteiger partial charge is 0.272 e. The Bertz CT molecular complexity index is 1440. The number of hydrogen-bond acceptors (Lipinski definition) is 3. The highest BCUT2D eigenvalue weighted by Crippen LogP contribution is 2.62. The zero-order chi connectivity index (χ0) is 22.0. The number of carbonyl (C=O) groups excluding carboxylic acids is 1. The lowest BCUT2D eigenvalue weighted by molar-refractivity contribution is -0.0197. The number of carbonyl (C=O) groups is 1. The van der Waals surface area contributed by atoms with E-state index in [1.165, 1.54) is 6.07 Å². The van der Waals surface area contributed by atoms with E-state index in [4.69, 9.17) is 0 Å². The lowest BCUT2D eigenvalue weighted by atomic mass is 9.49. The molecule has 0 aliphatic heterocycles. The normalized spacial score (nSPS) is 24.4. The van der Waals surface area contributed by atoms with E-state index in [0.717, 1.165) is 42.1 Å². The average molecular weight is 430 g/mol. The summed E-state index contributed by atoms with van der Waals surface area (Å²) < 4.78 is 13.8. The standard InChI is InChI=1S/C25H23FN4O2/c1-13-19(26)7-6-14-8-20(28-21(13)14)24(32)27-16-11-25(12-16)9-15(10-25)22-17-4-2-3-5-18(17)23(31)30-29-22/h2-8,15-16,28H,9-12H2,1H3,(H,27,32)(H,30,31)/t15-,16-,25?. The van der Waals surface area contributed by atoms with Crippen LogP contribution in [0, 0.1) is 18.2 Å². The van der Waals surface area contributed by atoms with E-state index in [0.29, 0.717) is 28.1 Å². The van der Waals surface area contributed by atoms with E-state index >= 15 is 0 Å². The van der Waals surface area contributed by atoms with Gasteiger partial charge in [-0.3, -0.25) is 9.59 Å². The fourth-order valence-corrected chi connectivity index (χ4v) is 5.75. The molecule has 0 saturated heterocycles. The minimum Gasteiger partial charge on any atom is -0.350 e. The van der Waals surface area contributed by atoms with E-state index in [-0.39, 0.29) is 28.7 Å². The van der Waals surface area contributed by atoms with Crippen molar-refractivity contribution in [1.82, 2.24) is 20.5 Å². The molecule has 162 valence electrons. The number of halogens is 1. The van der Waals surface area contributed by atoms with E-state index in [9.17, 15) is 14.0 Å². The summed E-state index contributed by atoms with van der Waals surface area (Å²) in [7, 11) is 0. The van der Waals surface area contributed by atoms with Crippen molar-refractivity contribution in [3.63, 3.8) is 0 Å². The van der Waals surface area contributed by atoms with Gasteiger partial charge in [0.1, 0.15) is 11.5 Å². The molecule has 2 heterocycles. The van der Waals surface area contributed by atoms with Crippen LogP contribution in [0.3, 0.4) is 0 Å². The number of H-pyrrole nitrogens is 2. The molecule has 32 heavy (non-hydrogen) atoms. The number of aromatic nitrogens is 3.